The zero-order valence-electron chi connectivity index (χ0n) is 9.00. The van der Waals surface area contributed by atoms with Gasteiger partial charge in [0.1, 0.15) is 23.6 Å². The molecule has 0 atom stereocenters. The van der Waals surface area contributed by atoms with Gasteiger partial charge in [-0.1, -0.05) is 0 Å². The van der Waals surface area contributed by atoms with Gasteiger partial charge in [-0.15, -0.1) is 0 Å². The van der Waals surface area contributed by atoms with Crippen LogP contribution in [-0.2, 0) is 0 Å². The fourth-order valence-corrected chi connectivity index (χ4v) is 6.81. The second-order valence-corrected chi connectivity index (χ2v) is 8.95. The van der Waals surface area contributed by atoms with Gasteiger partial charge in [0.25, 0.3) is 0 Å². The van der Waals surface area contributed by atoms with Gasteiger partial charge in [0.05, 0.1) is 0 Å². The zero-order chi connectivity index (χ0) is 10.1. The first-order valence-corrected chi connectivity index (χ1v) is 7.99. The van der Waals surface area contributed by atoms with Gasteiger partial charge in [-0.3, -0.25) is 0 Å². The molecule has 1 nitrogen and oxygen atoms in total. The number of nitrogens with zero attached hydrogens (tertiary/aromatic N) is 1. The van der Waals surface area contributed by atoms with E-state index in [2.05, 4.69) is 44.5 Å². The van der Waals surface area contributed by atoms with E-state index in [0.717, 1.165) is 12.3 Å². The lowest BCUT2D eigenvalue weighted by Crippen LogP contribution is -2.35. The molecule has 0 aromatic heterocycles. The first-order valence-electron chi connectivity index (χ1n) is 4.98. The third-order valence-electron chi connectivity index (χ3n) is 2.41. The molecule has 0 saturated heterocycles. The maximum atomic E-state index is 6.70. The summed E-state index contributed by atoms with van der Waals surface area (Å²) in [6.45, 7) is 7.61. The van der Waals surface area contributed by atoms with Gasteiger partial charge in [0.15, 0.2) is 6.77 Å². The second kappa shape index (κ2) is 4.29. The minimum absolute atomic E-state index is 0.561. The van der Waals surface area contributed by atoms with Crippen LogP contribution in [0.15, 0.2) is 12.2 Å². The number of hydrogen-bond acceptors (Lipinski definition) is 1. The summed E-state index contributed by atoms with van der Waals surface area (Å²) in [5.74, 6) is 0. The van der Waals surface area contributed by atoms with Gasteiger partial charge in [0, 0.05) is 12.1 Å². The molecule has 3 heteroatoms. The van der Waals surface area contributed by atoms with E-state index < -0.39 is 6.77 Å². The predicted octanol–water partition coefficient (Wildman–Crippen LogP) is 3.76. The normalized spacial score (nSPS) is 20.9. The van der Waals surface area contributed by atoms with Gasteiger partial charge < -0.3 is 0 Å². The van der Waals surface area contributed by atoms with E-state index in [-0.39, 0.29) is 0 Å². The first kappa shape index (κ1) is 11.5. The highest BCUT2D eigenvalue weighted by Gasteiger charge is 2.46. The molecule has 76 valence electrons. The maximum Gasteiger partial charge on any atom is 0.190 e. The van der Waals surface area contributed by atoms with Gasteiger partial charge in [0.2, 0.25) is 0 Å². The molecule has 1 heterocycles. The Morgan fingerprint density at radius 1 is 1.08 bits per heavy atom. The lowest BCUT2D eigenvalue weighted by atomic mass is 10.3. The minimum Gasteiger partial charge on any atom is -0.159 e. The van der Waals surface area contributed by atoms with Crippen molar-refractivity contribution in [3.05, 3.63) is 12.2 Å². The number of allylic oxidation sites excluding steroid dienone is 2. The summed E-state index contributed by atoms with van der Waals surface area (Å²) in [6.07, 6.45) is 6.65. The monoisotopic (exact) mass is 220 g/mol. The molecule has 1 aliphatic rings. The van der Waals surface area contributed by atoms with E-state index in [0.29, 0.717) is 12.1 Å². The molecule has 0 unspecified atom stereocenters. The van der Waals surface area contributed by atoms with Crippen molar-refractivity contribution in [3.8, 4) is 0 Å². The van der Waals surface area contributed by atoms with Gasteiger partial charge >= 0.3 is 0 Å². The number of rotatable bonds is 3. The Balaban J connectivity index is 2.75. The smallest absolute Gasteiger partial charge is 0.159 e. The quantitative estimate of drug-likeness (QED) is 0.517. The second-order valence-electron chi connectivity index (χ2n) is 4.23. The van der Waals surface area contributed by atoms with Crippen molar-refractivity contribution in [3.63, 3.8) is 0 Å². The Hall–Kier alpha value is 0.420. The molecule has 0 aromatic carbocycles. The van der Waals surface area contributed by atoms with Crippen LogP contribution in [0.4, 0.5) is 0 Å². The van der Waals surface area contributed by atoms with Crippen LogP contribution >= 0.6 is 18.0 Å². The van der Waals surface area contributed by atoms with E-state index in [1.54, 1.807) is 0 Å². The topological polar surface area (TPSA) is 3.24 Å². The Morgan fingerprint density at radius 3 is 1.77 bits per heavy atom. The van der Waals surface area contributed by atoms with E-state index in [1.165, 1.54) is 0 Å². The lowest BCUT2D eigenvalue weighted by molar-refractivity contribution is 0.321. The van der Waals surface area contributed by atoms with Gasteiger partial charge in [-0.25, -0.2) is 0 Å². The van der Waals surface area contributed by atoms with E-state index >= 15 is 0 Å². The molecule has 0 aliphatic carbocycles. The average molecular weight is 221 g/mol. The molecule has 0 bridgehead atoms. The standard InChI is InChI=1S/C10H20ClNP/c1-9(2)12(10(3)4)13(11)7-5-6-8-13/h5-6,9-10H,7-8H2,1-4H3/q+1. The fourth-order valence-electron chi connectivity index (χ4n) is 2.16. The summed E-state index contributed by atoms with van der Waals surface area (Å²) < 4.78 is 2.51. The van der Waals surface area contributed by atoms with Crippen molar-refractivity contribution in [2.45, 2.75) is 39.8 Å². The highest BCUT2D eigenvalue weighted by atomic mass is 35.7. The average Bonchev–Trinajstić information content (AvgIpc) is 2.33. The predicted molar refractivity (Wildman–Crippen MR) is 63.8 cm³/mol. The summed E-state index contributed by atoms with van der Waals surface area (Å²) in [5, 5.41) is 0. The molecule has 1 aliphatic heterocycles. The molecular formula is C10H20ClNP+. The van der Waals surface area contributed by atoms with Crippen LogP contribution in [0.3, 0.4) is 0 Å². The SMILES string of the molecule is CC(C)N(C(C)C)[P+]1(Cl)CC=CC1. The van der Waals surface area contributed by atoms with Crippen molar-refractivity contribution in [2.24, 2.45) is 0 Å². The van der Waals surface area contributed by atoms with E-state index in [9.17, 15) is 0 Å². The minimum atomic E-state index is -1.35. The van der Waals surface area contributed by atoms with Crippen molar-refractivity contribution in [1.82, 2.24) is 4.67 Å². The summed E-state index contributed by atoms with van der Waals surface area (Å²) in [5.41, 5.74) is 0. The Kier molecular flexibility index (Phi) is 3.80. The Labute approximate surface area is 87.3 Å². The van der Waals surface area contributed by atoms with Crippen LogP contribution < -0.4 is 0 Å². The van der Waals surface area contributed by atoms with Crippen LogP contribution in [0.1, 0.15) is 27.7 Å². The van der Waals surface area contributed by atoms with E-state index in [4.69, 9.17) is 11.2 Å². The molecule has 0 spiro atoms. The van der Waals surface area contributed by atoms with Crippen molar-refractivity contribution in [2.75, 3.05) is 12.3 Å². The summed E-state index contributed by atoms with van der Waals surface area (Å²) in [6, 6.07) is 1.12. The molecule has 0 saturated carbocycles. The largest absolute Gasteiger partial charge is 0.190 e. The number of hydrogen-bond donors (Lipinski definition) is 0. The van der Waals surface area contributed by atoms with Crippen LogP contribution in [0, 0.1) is 0 Å². The van der Waals surface area contributed by atoms with Crippen LogP contribution in [0.5, 0.6) is 0 Å². The summed E-state index contributed by atoms with van der Waals surface area (Å²) >= 11 is 6.70. The molecule has 0 fully saturated rings. The Morgan fingerprint density at radius 2 is 1.46 bits per heavy atom. The van der Waals surface area contributed by atoms with Crippen LogP contribution in [-0.4, -0.2) is 29.1 Å². The third-order valence-corrected chi connectivity index (χ3v) is 7.05. The van der Waals surface area contributed by atoms with Gasteiger partial charge in [-0.05, 0) is 39.8 Å². The van der Waals surface area contributed by atoms with Crippen LogP contribution in [0.2, 0.25) is 0 Å². The first-order chi connectivity index (χ1) is 5.97. The molecule has 0 radical (unpaired) electrons. The van der Waals surface area contributed by atoms with Crippen molar-refractivity contribution >= 4 is 18.0 Å². The highest BCUT2D eigenvalue weighted by molar-refractivity contribution is 7.97. The van der Waals surface area contributed by atoms with Crippen molar-refractivity contribution < 1.29 is 0 Å². The molecule has 0 amide bonds. The molecule has 1 rings (SSSR count). The molecule has 13 heavy (non-hydrogen) atoms. The third kappa shape index (κ3) is 2.46. The van der Waals surface area contributed by atoms with Crippen LogP contribution in [0.25, 0.3) is 0 Å². The van der Waals surface area contributed by atoms with E-state index in [1.807, 2.05) is 0 Å². The summed E-state index contributed by atoms with van der Waals surface area (Å²) in [7, 11) is 0. The fraction of sp³-hybridized carbons (Fsp3) is 0.800. The zero-order valence-corrected chi connectivity index (χ0v) is 10.6. The lowest BCUT2D eigenvalue weighted by Gasteiger charge is -2.34. The maximum absolute atomic E-state index is 6.70. The van der Waals surface area contributed by atoms with Gasteiger partial charge in [-0.2, -0.15) is 4.67 Å². The number of halogens is 1. The molecule has 0 N–H and O–H groups in total. The van der Waals surface area contributed by atoms with Crippen molar-refractivity contribution in [1.29, 1.82) is 0 Å². The molecule has 0 aromatic rings. The summed E-state index contributed by atoms with van der Waals surface area (Å²) in [4.78, 5) is 0. The Bertz CT molecular complexity index is 185. The molecular weight excluding hydrogens is 201 g/mol. The highest BCUT2D eigenvalue weighted by Crippen LogP contribution is 2.70.